The number of benzene rings is 3. The molecular weight excluding hydrogens is 340 g/mol. The molecule has 0 aromatic heterocycles. The van der Waals surface area contributed by atoms with Crippen LogP contribution in [0.5, 0.6) is 0 Å². The maximum absolute atomic E-state index is 3.67. The molecule has 0 radical (unpaired) electrons. The quantitative estimate of drug-likeness (QED) is 0.533. The van der Waals surface area contributed by atoms with Crippen LogP contribution in [0.1, 0.15) is 55.5 Å². The van der Waals surface area contributed by atoms with Gasteiger partial charge in [0.25, 0.3) is 0 Å². The molecule has 3 aromatic rings. The monoisotopic (exact) mass is 370 g/mol. The van der Waals surface area contributed by atoms with Gasteiger partial charge in [0, 0.05) is 23.6 Å². The zero-order chi connectivity index (χ0) is 20.1. The summed E-state index contributed by atoms with van der Waals surface area (Å²) >= 11 is 0. The average Bonchev–Trinajstić information content (AvgIpc) is 2.68. The summed E-state index contributed by atoms with van der Waals surface area (Å²) < 4.78 is 0. The van der Waals surface area contributed by atoms with Crippen molar-refractivity contribution in [3.8, 4) is 0 Å². The molecule has 1 aliphatic rings. The minimum absolute atomic E-state index is 0.00633. The molecule has 2 heteroatoms. The Hall–Kier alpha value is -2.74. The van der Waals surface area contributed by atoms with Gasteiger partial charge in [0.15, 0.2) is 0 Å². The van der Waals surface area contributed by atoms with E-state index in [1.165, 1.54) is 33.5 Å². The molecule has 144 valence electrons. The fraction of sp³-hybridized carbons (Fsp3) is 0.308. The third-order valence-electron chi connectivity index (χ3n) is 6.45. The lowest BCUT2D eigenvalue weighted by molar-refractivity contribution is 0.520. The molecular formula is C26H30N2. The summed E-state index contributed by atoms with van der Waals surface area (Å²) in [5, 5.41) is 6.95. The Kier molecular flexibility index (Phi) is 4.26. The molecule has 0 bridgehead atoms. The summed E-state index contributed by atoms with van der Waals surface area (Å²) in [5.41, 5.74) is 10.3. The van der Waals surface area contributed by atoms with E-state index in [0.717, 1.165) is 11.4 Å². The van der Waals surface area contributed by atoms with E-state index in [0.29, 0.717) is 0 Å². The van der Waals surface area contributed by atoms with Gasteiger partial charge in [0.2, 0.25) is 0 Å². The predicted octanol–water partition coefficient (Wildman–Crippen LogP) is 6.75. The van der Waals surface area contributed by atoms with Crippen molar-refractivity contribution in [3.05, 3.63) is 88.5 Å². The second-order valence-corrected chi connectivity index (χ2v) is 8.93. The zero-order valence-corrected chi connectivity index (χ0v) is 17.8. The topological polar surface area (TPSA) is 24.1 Å². The Bertz CT molecular complexity index is 1040. The average molecular weight is 371 g/mol. The summed E-state index contributed by atoms with van der Waals surface area (Å²) in [6.45, 7) is 11.6. The van der Waals surface area contributed by atoms with Crippen LogP contribution in [0.2, 0.25) is 0 Å². The number of fused-ring (bicyclic) bond motifs is 2. The van der Waals surface area contributed by atoms with E-state index in [2.05, 4.69) is 106 Å². The molecule has 0 unspecified atom stereocenters. The van der Waals surface area contributed by atoms with Crippen LogP contribution in [-0.4, -0.2) is 7.05 Å². The molecule has 3 aromatic carbocycles. The third-order valence-corrected chi connectivity index (χ3v) is 6.45. The standard InChI is InChI=1S/C26H30N2/c1-17-15-20-21(16-24(17)28-23-14-10-9-13-22(23)27-6)26(4,5)19-12-8-7-11-18(19)25(20,2)3/h7-16,27-28H,1-6H3. The van der Waals surface area contributed by atoms with Crippen molar-refractivity contribution in [1.82, 2.24) is 0 Å². The number of hydrogen-bond donors (Lipinski definition) is 2. The van der Waals surface area contributed by atoms with Crippen LogP contribution in [0, 0.1) is 6.92 Å². The van der Waals surface area contributed by atoms with Crippen molar-refractivity contribution in [2.75, 3.05) is 17.7 Å². The van der Waals surface area contributed by atoms with E-state index < -0.39 is 0 Å². The van der Waals surface area contributed by atoms with Crippen molar-refractivity contribution in [3.63, 3.8) is 0 Å². The van der Waals surface area contributed by atoms with Crippen molar-refractivity contribution in [2.24, 2.45) is 0 Å². The maximum Gasteiger partial charge on any atom is 0.0619 e. The van der Waals surface area contributed by atoms with Gasteiger partial charge in [-0.15, -0.1) is 0 Å². The SMILES string of the molecule is CNc1ccccc1Nc1cc2c(cc1C)C(C)(C)c1ccccc1C2(C)C. The second kappa shape index (κ2) is 6.41. The summed E-state index contributed by atoms with van der Waals surface area (Å²) in [4.78, 5) is 0. The maximum atomic E-state index is 3.67. The largest absolute Gasteiger partial charge is 0.386 e. The molecule has 0 fully saturated rings. The lowest BCUT2D eigenvalue weighted by Crippen LogP contribution is -2.36. The highest BCUT2D eigenvalue weighted by molar-refractivity contribution is 5.77. The summed E-state index contributed by atoms with van der Waals surface area (Å²) in [5.74, 6) is 0. The molecule has 28 heavy (non-hydrogen) atoms. The molecule has 0 amide bonds. The molecule has 0 aliphatic heterocycles. The van der Waals surface area contributed by atoms with E-state index in [-0.39, 0.29) is 10.8 Å². The zero-order valence-electron chi connectivity index (χ0n) is 17.8. The lowest BCUT2D eigenvalue weighted by Gasteiger charge is -2.44. The van der Waals surface area contributed by atoms with Crippen molar-refractivity contribution in [2.45, 2.75) is 45.4 Å². The van der Waals surface area contributed by atoms with Crippen LogP contribution in [0.4, 0.5) is 17.1 Å². The highest BCUT2D eigenvalue weighted by atomic mass is 14.9. The molecule has 0 saturated carbocycles. The van der Waals surface area contributed by atoms with Gasteiger partial charge in [-0.2, -0.15) is 0 Å². The lowest BCUT2D eigenvalue weighted by atomic mass is 9.60. The molecule has 0 spiro atoms. The minimum atomic E-state index is -0.0336. The first kappa shape index (κ1) is 18.6. The van der Waals surface area contributed by atoms with E-state index in [4.69, 9.17) is 0 Å². The van der Waals surface area contributed by atoms with Crippen LogP contribution in [0.3, 0.4) is 0 Å². The Morgan fingerprint density at radius 3 is 1.68 bits per heavy atom. The van der Waals surface area contributed by atoms with Crippen molar-refractivity contribution >= 4 is 17.1 Å². The Morgan fingerprint density at radius 2 is 1.11 bits per heavy atom. The highest BCUT2D eigenvalue weighted by Crippen LogP contribution is 2.50. The molecule has 0 heterocycles. The predicted molar refractivity (Wildman–Crippen MR) is 121 cm³/mol. The number of aryl methyl sites for hydroxylation is 1. The van der Waals surface area contributed by atoms with E-state index >= 15 is 0 Å². The number of nitrogens with one attached hydrogen (secondary N) is 2. The fourth-order valence-corrected chi connectivity index (χ4v) is 4.70. The molecule has 2 nitrogen and oxygen atoms in total. The summed E-state index contributed by atoms with van der Waals surface area (Å²) in [7, 11) is 1.96. The third kappa shape index (κ3) is 2.71. The number of rotatable bonds is 3. The van der Waals surface area contributed by atoms with Crippen LogP contribution >= 0.6 is 0 Å². The van der Waals surface area contributed by atoms with Gasteiger partial charge in [-0.1, -0.05) is 70.2 Å². The number of anilines is 3. The van der Waals surface area contributed by atoms with Gasteiger partial charge in [0.1, 0.15) is 0 Å². The highest BCUT2D eigenvalue weighted by Gasteiger charge is 2.41. The molecule has 0 atom stereocenters. The first-order chi connectivity index (χ1) is 13.3. The van der Waals surface area contributed by atoms with Gasteiger partial charge in [0.05, 0.1) is 11.4 Å². The van der Waals surface area contributed by atoms with Crippen LogP contribution in [-0.2, 0) is 10.8 Å². The van der Waals surface area contributed by atoms with Gasteiger partial charge in [-0.05, 0) is 52.9 Å². The fourth-order valence-electron chi connectivity index (χ4n) is 4.70. The van der Waals surface area contributed by atoms with E-state index in [9.17, 15) is 0 Å². The first-order valence-electron chi connectivity index (χ1n) is 10.1. The molecule has 0 saturated heterocycles. The van der Waals surface area contributed by atoms with Gasteiger partial charge in [-0.3, -0.25) is 0 Å². The van der Waals surface area contributed by atoms with Crippen LogP contribution in [0.15, 0.2) is 60.7 Å². The Balaban J connectivity index is 1.88. The molecule has 4 rings (SSSR count). The summed E-state index contributed by atoms with van der Waals surface area (Å²) in [6.07, 6.45) is 0. The Morgan fingerprint density at radius 1 is 0.607 bits per heavy atom. The Labute approximate surface area is 169 Å². The van der Waals surface area contributed by atoms with Crippen molar-refractivity contribution in [1.29, 1.82) is 0 Å². The van der Waals surface area contributed by atoms with E-state index in [1.807, 2.05) is 7.05 Å². The van der Waals surface area contributed by atoms with Crippen molar-refractivity contribution < 1.29 is 0 Å². The normalized spacial score (nSPS) is 16.1. The van der Waals surface area contributed by atoms with E-state index in [1.54, 1.807) is 0 Å². The smallest absolute Gasteiger partial charge is 0.0619 e. The molecule has 2 N–H and O–H groups in total. The molecule has 1 aliphatic carbocycles. The first-order valence-corrected chi connectivity index (χ1v) is 10.1. The minimum Gasteiger partial charge on any atom is -0.386 e. The second-order valence-electron chi connectivity index (χ2n) is 8.93. The van der Waals surface area contributed by atoms with Crippen LogP contribution < -0.4 is 10.6 Å². The number of hydrogen-bond acceptors (Lipinski definition) is 2. The number of para-hydroxylation sites is 2. The summed E-state index contributed by atoms with van der Waals surface area (Å²) in [6, 6.07) is 22.0. The van der Waals surface area contributed by atoms with Gasteiger partial charge >= 0.3 is 0 Å². The van der Waals surface area contributed by atoms with Gasteiger partial charge in [-0.25, -0.2) is 0 Å². The van der Waals surface area contributed by atoms with Crippen LogP contribution in [0.25, 0.3) is 0 Å². The van der Waals surface area contributed by atoms with Gasteiger partial charge < -0.3 is 10.6 Å².